The van der Waals surface area contributed by atoms with Crippen LogP contribution in [0.1, 0.15) is 16.8 Å². The number of carbonyl (C=O) groups is 2. The molecule has 0 radical (unpaired) electrons. The van der Waals surface area contributed by atoms with Gasteiger partial charge in [0.15, 0.2) is 5.82 Å². The van der Waals surface area contributed by atoms with E-state index in [-0.39, 0.29) is 17.9 Å². The zero-order valence-electron chi connectivity index (χ0n) is 9.15. The second-order valence-corrected chi connectivity index (χ2v) is 3.75. The highest BCUT2D eigenvalue weighted by Gasteiger charge is 2.21. The summed E-state index contributed by atoms with van der Waals surface area (Å²) in [7, 11) is 0. The number of hydrogen-bond donors (Lipinski definition) is 1. The van der Waals surface area contributed by atoms with E-state index in [9.17, 15) is 14.0 Å². The van der Waals surface area contributed by atoms with Crippen LogP contribution in [0.25, 0.3) is 0 Å². The maximum Gasteiger partial charge on any atom is 0.257 e. The van der Waals surface area contributed by atoms with Crippen molar-refractivity contribution in [2.75, 3.05) is 19.6 Å². The summed E-state index contributed by atoms with van der Waals surface area (Å²) in [6.07, 6.45) is 2.63. The van der Waals surface area contributed by atoms with Crippen molar-refractivity contribution in [3.8, 4) is 0 Å². The lowest BCUT2D eigenvalue weighted by Crippen LogP contribution is -2.34. The summed E-state index contributed by atoms with van der Waals surface area (Å²) < 4.78 is 13.4. The van der Waals surface area contributed by atoms with Crippen LogP contribution >= 0.6 is 0 Å². The number of pyridine rings is 1. The van der Waals surface area contributed by atoms with E-state index < -0.39 is 11.7 Å². The van der Waals surface area contributed by atoms with Crippen LogP contribution in [0.3, 0.4) is 0 Å². The smallest absolute Gasteiger partial charge is 0.257 e. The molecule has 90 valence electrons. The highest BCUT2D eigenvalue weighted by molar-refractivity contribution is 5.94. The van der Waals surface area contributed by atoms with Crippen LogP contribution in [0.15, 0.2) is 18.5 Å². The first-order chi connectivity index (χ1) is 8.18. The van der Waals surface area contributed by atoms with Gasteiger partial charge in [-0.1, -0.05) is 0 Å². The molecule has 1 fully saturated rings. The van der Waals surface area contributed by atoms with E-state index in [1.807, 2.05) is 0 Å². The van der Waals surface area contributed by atoms with Crippen LogP contribution in [0, 0.1) is 5.82 Å². The van der Waals surface area contributed by atoms with Gasteiger partial charge in [-0.05, 0) is 6.07 Å². The lowest BCUT2D eigenvalue weighted by Gasteiger charge is -2.19. The molecule has 1 aromatic rings. The summed E-state index contributed by atoms with van der Waals surface area (Å²) in [4.78, 5) is 28.2. The van der Waals surface area contributed by atoms with Crippen LogP contribution < -0.4 is 5.32 Å². The molecule has 1 aliphatic heterocycles. The van der Waals surface area contributed by atoms with Gasteiger partial charge in [-0.15, -0.1) is 0 Å². The normalized spacial score (nSPS) is 16.3. The second-order valence-electron chi connectivity index (χ2n) is 3.75. The van der Waals surface area contributed by atoms with Crippen molar-refractivity contribution in [1.29, 1.82) is 0 Å². The Morgan fingerprint density at radius 1 is 1.47 bits per heavy atom. The summed E-state index contributed by atoms with van der Waals surface area (Å²) in [6, 6.07) is 1.35. The number of aromatic nitrogens is 1. The number of hydrogen-bond acceptors (Lipinski definition) is 3. The van der Waals surface area contributed by atoms with E-state index in [2.05, 4.69) is 10.3 Å². The quantitative estimate of drug-likeness (QED) is 0.758. The average molecular weight is 237 g/mol. The Labute approximate surface area is 97.6 Å². The van der Waals surface area contributed by atoms with E-state index in [0.717, 1.165) is 6.20 Å². The van der Waals surface area contributed by atoms with Gasteiger partial charge in [0.05, 0.1) is 11.8 Å². The first-order valence-electron chi connectivity index (χ1n) is 5.34. The van der Waals surface area contributed by atoms with Crippen LogP contribution in [0.5, 0.6) is 0 Å². The third-order valence-corrected chi connectivity index (χ3v) is 2.60. The molecule has 1 saturated heterocycles. The molecular formula is C11H12FN3O2. The van der Waals surface area contributed by atoms with Crippen molar-refractivity contribution in [1.82, 2.24) is 15.2 Å². The van der Waals surface area contributed by atoms with E-state index in [1.54, 1.807) is 0 Å². The zero-order chi connectivity index (χ0) is 12.3. The first-order valence-corrected chi connectivity index (χ1v) is 5.34. The van der Waals surface area contributed by atoms with Crippen molar-refractivity contribution in [2.45, 2.75) is 6.42 Å². The number of rotatable bonds is 1. The van der Waals surface area contributed by atoms with Gasteiger partial charge < -0.3 is 10.2 Å². The van der Waals surface area contributed by atoms with Crippen LogP contribution in [0.2, 0.25) is 0 Å². The van der Waals surface area contributed by atoms with Gasteiger partial charge in [0.2, 0.25) is 5.91 Å². The van der Waals surface area contributed by atoms with Gasteiger partial charge in [-0.25, -0.2) is 4.39 Å². The molecule has 0 aromatic carbocycles. The maximum absolute atomic E-state index is 13.4. The largest absolute Gasteiger partial charge is 0.354 e. The van der Waals surface area contributed by atoms with Gasteiger partial charge in [-0.3, -0.25) is 14.6 Å². The van der Waals surface area contributed by atoms with E-state index in [4.69, 9.17) is 0 Å². The highest BCUT2D eigenvalue weighted by Crippen LogP contribution is 2.09. The summed E-state index contributed by atoms with van der Waals surface area (Å²) in [5.41, 5.74) is -0.00523. The second kappa shape index (κ2) is 4.90. The third-order valence-electron chi connectivity index (χ3n) is 2.60. The SMILES string of the molecule is O=C1CCN(C(=O)c2ccncc2F)CCN1. The van der Waals surface area contributed by atoms with Gasteiger partial charge in [0.1, 0.15) is 0 Å². The summed E-state index contributed by atoms with van der Waals surface area (Å²) in [5.74, 6) is -1.13. The molecule has 0 spiro atoms. The summed E-state index contributed by atoms with van der Waals surface area (Å²) in [6.45, 7) is 1.11. The van der Waals surface area contributed by atoms with Crippen molar-refractivity contribution in [2.24, 2.45) is 0 Å². The Balaban J connectivity index is 2.14. The molecule has 1 aromatic heterocycles. The maximum atomic E-state index is 13.4. The standard InChI is InChI=1S/C11H12FN3O2/c12-9-7-13-3-1-8(9)11(17)15-5-2-10(16)14-4-6-15/h1,3,7H,2,4-6H2,(H,14,16). The number of nitrogens with zero attached hydrogens (tertiary/aromatic N) is 2. The van der Waals surface area contributed by atoms with Crippen LogP contribution in [-0.4, -0.2) is 41.3 Å². The average Bonchev–Trinajstić information content (AvgIpc) is 2.54. The van der Waals surface area contributed by atoms with Gasteiger partial charge in [0.25, 0.3) is 5.91 Å². The molecule has 2 heterocycles. The Hall–Kier alpha value is -1.98. The molecule has 1 N–H and O–H groups in total. The number of carbonyl (C=O) groups excluding carboxylic acids is 2. The highest BCUT2D eigenvalue weighted by atomic mass is 19.1. The molecule has 5 nitrogen and oxygen atoms in total. The fraction of sp³-hybridized carbons (Fsp3) is 0.364. The van der Waals surface area contributed by atoms with Crippen LogP contribution in [0.4, 0.5) is 4.39 Å². The first kappa shape index (κ1) is 11.5. The third kappa shape index (κ3) is 2.58. The molecule has 0 unspecified atom stereocenters. The minimum absolute atomic E-state index is 0.00523. The molecule has 17 heavy (non-hydrogen) atoms. The van der Waals surface area contributed by atoms with Gasteiger partial charge in [0, 0.05) is 32.3 Å². The lowest BCUT2D eigenvalue weighted by atomic mass is 10.2. The Morgan fingerprint density at radius 3 is 3.06 bits per heavy atom. The molecule has 1 aliphatic rings. The lowest BCUT2D eigenvalue weighted by molar-refractivity contribution is -0.120. The Morgan fingerprint density at radius 2 is 2.29 bits per heavy atom. The molecule has 2 rings (SSSR count). The number of amides is 2. The molecule has 0 saturated carbocycles. The number of halogens is 1. The topological polar surface area (TPSA) is 62.3 Å². The monoisotopic (exact) mass is 237 g/mol. The van der Waals surface area contributed by atoms with Gasteiger partial charge in [-0.2, -0.15) is 0 Å². The van der Waals surface area contributed by atoms with E-state index in [1.165, 1.54) is 17.2 Å². The van der Waals surface area contributed by atoms with Crippen molar-refractivity contribution in [3.05, 3.63) is 29.8 Å². The van der Waals surface area contributed by atoms with Crippen molar-refractivity contribution < 1.29 is 14.0 Å². The predicted octanol–water partition coefficient (Wildman–Crippen LogP) is 0.183. The van der Waals surface area contributed by atoms with Crippen molar-refractivity contribution >= 4 is 11.8 Å². The molecule has 2 amide bonds. The summed E-state index contributed by atoms with van der Waals surface area (Å²) in [5, 5.41) is 2.66. The Bertz CT molecular complexity index is 450. The Kier molecular flexibility index (Phi) is 3.32. The minimum atomic E-state index is -0.638. The fourth-order valence-electron chi connectivity index (χ4n) is 1.69. The summed E-state index contributed by atoms with van der Waals surface area (Å²) >= 11 is 0. The molecule has 6 heteroatoms. The minimum Gasteiger partial charge on any atom is -0.354 e. The fourth-order valence-corrected chi connectivity index (χ4v) is 1.69. The number of nitrogens with one attached hydrogen (secondary N) is 1. The zero-order valence-corrected chi connectivity index (χ0v) is 9.15. The van der Waals surface area contributed by atoms with Crippen molar-refractivity contribution in [3.63, 3.8) is 0 Å². The van der Waals surface area contributed by atoms with Gasteiger partial charge >= 0.3 is 0 Å². The molecule has 0 atom stereocenters. The van der Waals surface area contributed by atoms with E-state index in [0.29, 0.717) is 19.6 Å². The van der Waals surface area contributed by atoms with E-state index >= 15 is 0 Å². The molecule has 0 aliphatic carbocycles. The molecular weight excluding hydrogens is 225 g/mol. The van der Waals surface area contributed by atoms with Crippen LogP contribution in [-0.2, 0) is 4.79 Å². The molecule has 0 bridgehead atoms. The predicted molar refractivity (Wildman–Crippen MR) is 57.7 cm³/mol.